The Balaban J connectivity index is 2.39. The molecule has 3 heteroatoms. The molecule has 0 aromatic rings. The van der Waals surface area contributed by atoms with Gasteiger partial charge < -0.3 is 10.2 Å². The first-order valence-corrected chi connectivity index (χ1v) is 6.81. The van der Waals surface area contributed by atoms with Gasteiger partial charge in [-0.05, 0) is 50.5 Å². The number of hydrogen-bond donors (Lipinski definition) is 2. The molecule has 0 saturated heterocycles. The zero-order chi connectivity index (χ0) is 13.7. The average Bonchev–Trinajstić information content (AvgIpc) is 2.25. The minimum atomic E-state index is -0.996. The second kappa shape index (κ2) is 4.17. The van der Waals surface area contributed by atoms with E-state index in [9.17, 15) is 15.0 Å². The highest BCUT2D eigenvalue weighted by molar-refractivity contribution is 5.94. The Labute approximate surface area is 109 Å². The van der Waals surface area contributed by atoms with Crippen molar-refractivity contribution in [2.75, 3.05) is 0 Å². The fourth-order valence-electron chi connectivity index (χ4n) is 3.50. The smallest absolute Gasteiger partial charge is 0.161 e. The first-order valence-electron chi connectivity index (χ1n) is 6.81. The number of allylic oxidation sites excluding steroid dienone is 2. The Morgan fingerprint density at radius 2 is 2.06 bits per heavy atom. The molecular weight excluding hydrogens is 228 g/mol. The summed E-state index contributed by atoms with van der Waals surface area (Å²) >= 11 is 0. The van der Waals surface area contributed by atoms with E-state index in [-0.39, 0.29) is 29.1 Å². The van der Waals surface area contributed by atoms with Crippen molar-refractivity contribution in [1.29, 1.82) is 0 Å². The Morgan fingerprint density at radius 3 is 2.61 bits per heavy atom. The molecule has 0 amide bonds. The number of aliphatic hydroxyl groups is 2. The molecule has 0 heterocycles. The van der Waals surface area contributed by atoms with E-state index in [1.807, 2.05) is 0 Å². The minimum absolute atomic E-state index is 0.0403. The van der Waals surface area contributed by atoms with Gasteiger partial charge in [-0.15, -0.1) is 0 Å². The molecule has 2 rings (SSSR count). The summed E-state index contributed by atoms with van der Waals surface area (Å²) in [6.07, 6.45) is 3.60. The first kappa shape index (κ1) is 13.8. The average molecular weight is 252 g/mol. The molecule has 0 spiro atoms. The van der Waals surface area contributed by atoms with Crippen LogP contribution in [0.3, 0.4) is 0 Å². The molecule has 0 aromatic carbocycles. The van der Waals surface area contributed by atoms with E-state index < -0.39 is 5.60 Å². The molecule has 1 saturated carbocycles. The standard InChI is InChI=1S/C15H24O3/c1-9-12(16)6-5-10-7-13(17)11(14(2,3)18)8-15(9,10)4/h7,9,11-12,16,18H,5-6,8H2,1-4H3/t9-,11+,12+,15+/m0/s1. The summed E-state index contributed by atoms with van der Waals surface area (Å²) in [6.45, 7) is 7.56. The van der Waals surface area contributed by atoms with Gasteiger partial charge in [0.1, 0.15) is 0 Å². The number of hydrogen-bond acceptors (Lipinski definition) is 3. The van der Waals surface area contributed by atoms with Gasteiger partial charge in [0.2, 0.25) is 0 Å². The fraction of sp³-hybridized carbons (Fsp3) is 0.800. The van der Waals surface area contributed by atoms with E-state index in [4.69, 9.17) is 0 Å². The molecule has 18 heavy (non-hydrogen) atoms. The van der Waals surface area contributed by atoms with Crippen molar-refractivity contribution in [3.8, 4) is 0 Å². The van der Waals surface area contributed by atoms with Crippen LogP contribution in [0.25, 0.3) is 0 Å². The third-order valence-electron chi connectivity index (χ3n) is 5.17. The topological polar surface area (TPSA) is 57.5 Å². The first-order chi connectivity index (χ1) is 8.16. The third kappa shape index (κ3) is 2.04. The van der Waals surface area contributed by atoms with E-state index in [0.717, 1.165) is 18.4 Å². The highest BCUT2D eigenvalue weighted by Gasteiger charge is 2.49. The zero-order valence-corrected chi connectivity index (χ0v) is 11.7. The van der Waals surface area contributed by atoms with Crippen LogP contribution >= 0.6 is 0 Å². The van der Waals surface area contributed by atoms with Crippen LogP contribution in [0.2, 0.25) is 0 Å². The van der Waals surface area contributed by atoms with Gasteiger partial charge in [-0.3, -0.25) is 4.79 Å². The van der Waals surface area contributed by atoms with Gasteiger partial charge in [0.25, 0.3) is 0 Å². The van der Waals surface area contributed by atoms with Crippen LogP contribution in [-0.2, 0) is 4.79 Å². The Morgan fingerprint density at radius 1 is 1.44 bits per heavy atom. The Kier molecular flexibility index (Phi) is 3.19. The maximum atomic E-state index is 12.1. The summed E-state index contributed by atoms with van der Waals surface area (Å²) in [6, 6.07) is 0. The zero-order valence-electron chi connectivity index (χ0n) is 11.7. The van der Waals surface area contributed by atoms with Crippen molar-refractivity contribution >= 4 is 5.78 Å². The van der Waals surface area contributed by atoms with E-state index >= 15 is 0 Å². The van der Waals surface area contributed by atoms with Gasteiger partial charge in [0.05, 0.1) is 17.6 Å². The van der Waals surface area contributed by atoms with Gasteiger partial charge in [-0.1, -0.05) is 19.4 Å². The number of rotatable bonds is 1. The highest BCUT2D eigenvalue weighted by atomic mass is 16.3. The van der Waals surface area contributed by atoms with E-state index in [1.54, 1.807) is 19.9 Å². The van der Waals surface area contributed by atoms with Crippen molar-refractivity contribution in [2.45, 2.75) is 58.7 Å². The lowest BCUT2D eigenvalue weighted by atomic mass is 9.56. The molecule has 3 nitrogen and oxygen atoms in total. The fourth-order valence-corrected chi connectivity index (χ4v) is 3.50. The highest BCUT2D eigenvalue weighted by Crippen LogP contribution is 2.52. The Bertz CT molecular complexity index is 391. The lowest BCUT2D eigenvalue weighted by Gasteiger charge is -2.50. The van der Waals surface area contributed by atoms with E-state index in [1.165, 1.54) is 0 Å². The van der Waals surface area contributed by atoms with Gasteiger partial charge in [0.15, 0.2) is 5.78 Å². The molecule has 2 aliphatic carbocycles. The summed E-state index contributed by atoms with van der Waals surface area (Å²) in [5.74, 6) is -0.187. The second-order valence-electron chi connectivity index (χ2n) is 6.79. The van der Waals surface area contributed by atoms with Crippen LogP contribution in [-0.4, -0.2) is 27.7 Å². The van der Waals surface area contributed by atoms with Crippen LogP contribution < -0.4 is 0 Å². The largest absolute Gasteiger partial charge is 0.393 e. The van der Waals surface area contributed by atoms with Crippen molar-refractivity contribution in [2.24, 2.45) is 17.3 Å². The SMILES string of the molecule is C[C@H]1[C@H](O)CCC2=CC(=O)[C@H](C(C)(C)O)C[C@@]21C. The van der Waals surface area contributed by atoms with Gasteiger partial charge in [-0.2, -0.15) is 0 Å². The molecular formula is C15H24O3. The van der Waals surface area contributed by atoms with Crippen LogP contribution in [0.4, 0.5) is 0 Å². The molecule has 1 fully saturated rings. The number of carbonyl (C=O) groups excluding carboxylic acids is 1. The monoisotopic (exact) mass is 252 g/mol. The van der Waals surface area contributed by atoms with Crippen molar-refractivity contribution in [1.82, 2.24) is 0 Å². The summed E-state index contributed by atoms with van der Waals surface area (Å²) in [5, 5.41) is 20.2. The molecule has 2 aliphatic rings. The summed E-state index contributed by atoms with van der Waals surface area (Å²) in [4.78, 5) is 12.1. The summed E-state index contributed by atoms with van der Waals surface area (Å²) in [5.41, 5.74) is 0.00585. The minimum Gasteiger partial charge on any atom is -0.393 e. The number of ketones is 1. The van der Waals surface area contributed by atoms with Crippen molar-refractivity contribution < 1.29 is 15.0 Å². The quantitative estimate of drug-likeness (QED) is 0.751. The molecule has 0 aromatic heterocycles. The maximum absolute atomic E-state index is 12.1. The maximum Gasteiger partial charge on any atom is 0.161 e. The molecule has 0 aliphatic heterocycles. The predicted octanol–water partition coefficient (Wildman–Crippen LogP) is 2.07. The van der Waals surface area contributed by atoms with E-state index in [2.05, 4.69) is 13.8 Å². The predicted molar refractivity (Wildman–Crippen MR) is 70.0 cm³/mol. The molecule has 2 N–H and O–H groups in total. The Hall–Kier alpha value is -0.670. The molecule has 0 radical (unpaired) electrons. The summed E-state index contributed by atoms with van der Waals surface area (Å²) in [7, 11) is 0. The normalized spacial score (nSPS) is 41.3. The van der Waals surface area contributed by atoms with Crippen LogP contribution in [0.1, 0.15) is 47.0 Å². The number of fused-ring (bicyclic) bond motifs is 1. The van der Waals surface area contributed by atoms with Crippen LogP contribution in [0, 0.1) is 17.3 Å². The molecule has 0 unspecified atom stereocenters. The molecule has 4 atom stereocenters. The van der Waals surface area contributed by atoms with Crippen LogP contribution in [0.15, 0.2) is 11.6 Å². The van der Waals surface area contributed by atoms with Crippen LogP contribution in [0.5, 0.6) is 0 Å². The lowest BCUT2D eigenvalue weighted by Crippen LogP contribution is -2.49. The molecule has 0 bridgehead atoms. The number of carbonyl (C=O) groups is 1. The van der Waals surface area contributed by atoms with Crippen molar-refractivity contribution in [3.05, 3.63) is 11.6 Å². The number of aliphatic hydroxyl groups excluding tert-OH is 1. The molecule has 102 valence electrons. The lowest BCUT2D eigenvalue weighted by molar-refractivity contribution is -0.131. The second-order valence-corrected chi connectivity index (χ2v) is 6.79. The third-order valence-corrected chi connectivity index (χ3v) is 5.17. The van der Waals surface area contributed by atoms with Crippen molar-refractivity contribution in [3.63, 3.8) is 0 Å². The van der Waals surface area contributed by atoms with Gasteiger partial charge in [0, 0.05) is 0 Å². The van der Waals surface area contributed by atoms with Gasteiger partial charge in [-0.25, -0.2) is 0 Å². The van der Waals surface area contributed by atoms with Gasteiger partial charge >= 0.3 is 0 Å². The summed E-state index contributed by atoms with van der Waals surface area (Å²) < 4.78 is 0. The van der Waals surface area contributed by atoms with E-state index in [0.29, 0.717) is 6.42 Å².